The molecule has 0 amide bonds. The van der Waals surface area contributed by atoms with E-state index in [1.165, 1.54) is 0 Å². The van der Waals surface area contributed by atoms with Crippen LogP contribution in [0.3, 0.4) is 0 Å². The van der Waals surface area contributed by atoms with Gasteiger partial charge in [-0.05, 0) is 36.5 Å². The number of nitrogens with zero attached hydrogens (tertiary/aromatic N) is 2. The molecule has 2 aromatic heterocycles. The molecular weight excluding hydrogens is 304 g/mol. The summed E-state index contributed by atoms with van der Waals surface area (Å²) in [5.41, 5.74) is 3.18. The van der Waals surface area contributed by atoms with Gasteiger partial charge in [0.05, 0.1) is 5.69 Å². The second kappa shape index (κ2) is 6.48. The lowest BCUT2D eigenvalue weighted by molar-refractivity contribution is 0.704. The summed E-state index contributed by atoms with van der Waals surface area (Å²) in [7, 11) is 0. The molecule has 1 saturated heterocycles. The van der Waals surface area contributed by atoms with Crippen LogP contribution >= 0.6 is 11.3 Å². The highest BCUT2D eigenvalue weighted by Crippen LogP contribution is 2.27. The Morgan fingerprint density at radius 3 is 2.78 bits per heavy atom. The Morgan fingerprint density at radius 2 is 2.04 bits per heavy atom. The summed E-state index contributed by atoms with van der Waals surface area (Å²) < 4.78 is 0. The van der Waals surface area contributed by atoms with Gasteiger partial charge in [0.15, 0.2) is 0 Å². The molecule has 3 heterocycles. The third kappa shape index (κ3) is 3.25. The zero-order chi connectivity index (χ0) is 15.5. The summed E-state index contributed by atoms with van der Waals surface area (Å²) in [6.45, 7) is 2.00. The summed E-state index contributed by atoms with van der Waals surface area (Å²) in [6.07, 6.45) is 1.10. The quantitative estimate of drug-likeness (QED) is 0.761. The van der Waals surface area contributed by atoms with Gasteiger partial charge in [0.1, 0.15) is 11.6 Å². The van der Waals surface area contributed by atoms with Gasteiger partial charge in [-0.2, -0.15) is 11.3 Å². The number of rotatable bonds is 4. The highest BCUT2D eigenvalue weighted by atomic mass is 32.1. The van der Waals surface area contributed by atoms with Crippen molar-refractivity contribution >= 4 is 22.8 Å². The second-order valence-electron chi connectivity index (χ2n) is 5.69. The molecule has 23 heavy (non-hydrogen) atoms. The van der Waals surface area contributed by atoms with Crippen molar-refractivity contribution in [3.8, 4) is 11.3 Å². The number of thiophene rings is 1. The minimum Gasteiger partial charge on any atom is -0.340 e. The van der Waals surface area contributed by atoms with Crippen molar-refractivity contribution in [3.63, 3.8) is 0 Å². The molecule has 116 valence electrons. The molecule has 1 atom stereocenters. The largest absolute Gasteiger partial charge is 0.340 e. The smallest absolute Gasteiger partial charge is 0.135 e. The van der Waals surface area contributed by atoms with Crippen molar-refractivity contribution in [2.45, 2.75) is 12.3 Å². The first-order valence-electron chi connectivity index (χ1n) is 7.83. The van der Waals surface area contributed by atoms with Crippen LogP contribution in [-0.4, -0.2) is 23.1 Å². The molecule has 1 unspecified atom stereocenters. The average molecular weight is 322 g/mol. The molecule has 1 fully saturated rings. The molecule has 0 bridgehead atoms. The van der Waals surface area contributed by atoms with E-state index in [0.717, 1.165) is 48.1 Å². The van der Waals surface area contributed by atoms with E-state index in [2.05, 4.69) is 27.5 Å². The Kier molecular flexibility index (Phi) is 4.05. The maximum absolute atomic E-state index is 4.82. The number of nitrogens with one attached hydrogen (secondary N) is 2. The maximum atomic E-state index is 4.82. The number of para-hydroxylation sites is 1. The molecule has 2 N–H and O–H groups in total. The molecular formula is C18H18N4S. The Labute approximate surface area is 139 Å². The Bertz CT molecular complexity index is 765. The monoisotopic (exact) mass is 322 g/mol. The predicted molar refractivity (Wildman–Crippen MR) is 95.3 cm³/mol. The van der Waals surface area contributed by atoms with E-state index in [0.29, 0.717) is 5.92 Å². The number of hydrogen-bond donors (Lipinski definition) is 2. The minimum absolute atomic E-state index is 0.393. The first-order valence-corrected chi connectivity index (χ1v) is 8.77. The van der Waals surface area contributed by atoms with Gasteiger partial charge in [-0.25, -0.2) is 9.97 Å². The van der Waals surface area contributed by atoms with Crippen LogP contribution in [0.25, 0.3) is 11.3 Å². The van der Waals surface area contributed by atoms with Crippen LogP contribution in [-0.2, 0) is 0 Å². The van der Waals surface area contributed by atoms with Gasteiger partial charge < -0.3 is 10.6 Å². The molecule has 4 nitrogen and oxygen atoms in total. The minimum atomic E-state index is 0.393. The molecule has 1 aliphatic rings. The topological polar surface area (TPSA) is 49.8 Å². The fourth-order valence-electron chi connectivity index (χ4n) is 2.81. The van der Waals surface area contributed by atoms with Crippen LogP contribution in [0.4, 0.5) is 11.5 Å². The number of anilines is 2. The fourth-order valence-corrected chi connectivity index (χ4v) is 3.46. The van der Waals surface area contributed by atoms with Gasteiger partial charge in [0.25, 0.3) is 0 Å². The highest BCUT2D eigenvalue weighted by Gasteiger charge is 2.21. The molecule has 1 aromatic carbocycles. The van der Waals surface area contributed by atoms with Crippen molar-refractivity contribution in [1.82, 2.24) is 15.3 Å². The Balaban J connectivity index is 1.72. The molecule has 0 saturated carbocycles. The normalized spacial score (nSPS) is 17.3. The lowest BCUT2D eigenvalue weighted by Gasteiger charge is -2.12. The molecule has 0 aliphatic carbocycles. The Morgan fingerprint density at radius 1 is 1.13 bits per heavy atom. The van der Waals surface area contributed by atoms with E-state index >= 15 is 0 Å². The van der Waals surface area contributed by atoms with Crippen molar-refractivity contribution < 1.29 is 0 Å². The first kappa shape index (κ1) is 14.4. The standard InChI is InChI=1S/C18H18N4S/c1-2-4-15(5-3-1)20-17-10-16(14-7-9-23-12-14)21-18(22-17)13-6-8-19-11-13/h1-5,7,9-10,12-13,19H,6,8,11H2,(H,20,21,22). The fraction of sp³-hybridized carbons (Fsp3) is 0.222. The lowest BCUT2D eigenvalue weighted by Crippen LogP contribution is -2.11. The van der Waals surface area contributed by atoms with Crippen LogP contribution in [0.15, 0.2) is 53.2 Å². The molecule has 5 heteroatoms. The summed E-state index contributed by atoms with van der Waals surface area (Å²) >= 11 is 1.69. The molecule has 0 spiro atoms. The second-order valence-corrected chi connectivity index (χ2v) is 6.47. The summed E-state index contributed by atoms with van der Waals surface area (Å²) in [5, 5.41) is 11.0. The van der Waals surface area contributed by atoms with Crippen molar-refractivity contribution in [2.24, 2.45) is 0 Å². The molecule has 0 radical (unpaired) electrons. The van der Waals surface area contributed by atoms with E-state index in [1.54, 1.807) is 11.3 Å². The van der Waals surface area contributed by atoms with Crippen LogP contribution < -0.4 is 10.6 Å². The van der Waals surface area contributed by atoms with Crippen molar-refractivity contribution in [1.29, 1.82) is 0 Å². The summed E-state index contributed by atoms with van der Waals surface area (Å²) in [4.78, 5) is 9.58. The van der Waals surface area contributed by atoms with Gasteiger partial charge >= 0.3 is 0 Å². The number of aromatic nitrogens is 2. The zero-order valence-electron chi connectivity index (χ0n) is 12.7. The van der Waals surface area contributed by atoms with E-state index in [4.69, 9.17) is 9.97 Å². The molecule has 4 rings (SSSR count). The summed E-state index contributed by atoms with van der Waals surface area (Å²) in [5.74, 6) is 2.18. The number of hydrogen-bond acceptors (Lipinski definition) is 5. The maximum Gasteiger partial charge on any atom is 0.135 e. The predicted octanol–water partition coefficient (Wildman–Crippen LogP) is 4.03. The van der Waals surface area contributed by atoms with E-state index in [1.807, 2.05) is 36.4 Å². The van der Waals surface area contributed by atoms with Crippen LogP contribution in [0.5, 0.6) is 0 Å². The summed E-state index contributed by atoms with van der Waals surface area (Å²) in [6, 6.07) is 14.3. The van der Waals surface area contributed by atoms with Crippen molar-refractivity contribution in [2.75, 3.05) is 18.4 Å². The van der Waals surface area contributed by atoms with Crippen molar-refractivity contribution in [3.05, 3.63) is 59.0 Å². The number of benzene rings is 1. The van der Waals surface area contributed by atoms with Gasteiger partial charge in [-0.1, -0.05) is 18.2 Å². The van der Waals surface area contributed by atoms with E-state index < -0.39 is 0 Å². The van der Waals surface area contributed by atoms with E-state index in [-0.39, 0.29) is 0 Å². The van der Waals surface area contributed by atoms with Crippen LogP contribution in [0, 0.1) is 0 Å². The van der Waals surface area contributed by atoms with Crippen LogP contribution in [0.2, 0.25) is 0 Å². The highest BCUT2D eigenvalue weighted by molar-refractivity contribution is 7.08. The van der Waals surface area contributed by atoms with Gasteiger partial charge in [0.2, 0.25) is 0 Å². The third-order valence-electron chi connectivity index (χ3n) is 4.03. The molecule has 1 aliphatic heterocycles. The van der Waals surface area contributed by atoms with E-state index in [9.17, 15) is 0 Å². The SMILES string of the molecule is c1ccc(Nc2cc(-c3ccsc3)nc(C3CCNC3)n2)cc1. The average Bonchev–Trinajstić information content (AvgIpc) is 3.29. The molecule has 3 aromatic rings. The zero-order valence-corrected chi connectivity index (χ0v) is 13.5. The first-order chi connectivity index (χ1) is 11.4. The van der Waals surface area contributed by atoms with Gasteiger partial charge in [-0.3, -0.25) is 0 Å². The third-order valence-corrected chi connectivity index (χ3v) is 4.72. The van der Waals surface area contributed by atoms with Gasteiger partial charge in [0, 0.05) is 35.2 Å². The van der Waals surface area contributed by atoms with Crippen LogP contribution in [0.1, 0.15) is 18.2 Å². The van der Waals surface area contributed by atoms with Gasteiger partial charge in [-0.15, -0.1) is 0 Å². The Hall–Kier alpha value is -2.24. The lowest BCUT2D eigenvalue weighted by atomic mass is 10.1.